The molecule has 0 aliphatic rings. The van der Waals surface area contributed by atoms with Crippen molar-refractivity contribution in [1.82, 2.24) is 20.0 Å². The molecule has 2 heterocycles. The lowest BCUT2D eigenvalue weighted by Crippen LogP contribution is -2.13. The molecule has 0 fully saturated rings. The zero-order valence-electron chi connectivity index (χ0n) is 12.1. The number of aryl methyl sites for hydroxylation is 2. The van der Waals surface area contributed by atoms with E-state index in [0.717, 1.165) is 5.56 Å². The van der Waals surface area contributed by atoms with Crippen LogP contribution in [-0.2, 0) is 18.3 Å². The van der Waals surface area contributed by atoms with E-state index in [9.17, 15) is 4.79 Å². The second-order valence-electron chi connectivity index (χ2n) is 4.79. The third-order valence-electron chi connectivity index (χ3n) is 3.03. The molecule has 3 rings (SSSR count). The van der Waals surface area contributed by atoms with E-state index >= 15 is 0 Å². The molecule has 1 amide bonds. The predicted molar refractivity (Wildman–Crippen MR) is 79.9 cm³/mol. The quantitative estimate of drug-likeness (QED) is 0.779. The second kappa shape index (κ2) is 6.21. The topological polar surface area (TPSA) is 85.8 Å². The van der Waals surface area contributed by atoms with Gasteiger partial charge in [-0.15, -0.1) is 10.2 Å². The van der Waals surface area contributed by atoms with Crippen molar-refractivity contribution in [2.45, 2.75) is 12.8 Å². The molecule has 22 heavy (non-hydrogen) atoms. The number of nitrogens with zero attached hydrogens (tertiary/aromatic N) is 4. The van der Waals surface area contributed by atoms with Gasteiger partial charge >= 0.3 is 0 Å². The maximum absolute atomic E-state index is 11.8. The maximum Gasteiger partial charge on any atom is 0.247 e. The summed E-state index contributed by atoms with van der Waals surface area (Å²) in [5.74, 6) is 1.29. The number of carbonyl (C=O) groups is 1. The lowest BCUT2D eigenvalue weighted by atomic mass is 10.2. The van der Waals surface area contributed by atoms with Crippen LogP contribution in [0.1, 0.15) is 12.3 Å². The van der Waals surface area contributed by atoms with Crippen LogP contribution in [-0.4, -0.2) is 25.9 Å². The van der Waals surface area contributed by atoms with Gasteiger partial charge in [0.1, 0.15) is 0 Å². The summed E-state index contributed by atoms with van der Waals surface area (Å²) in [6.45, 7) is 0. The van der Waals surface area contributed by atoms with E-state index in [0.29, 0.717) is 24.0 Å². The summed E-state index contributed by atoms with van der Waals surface area (Å²) in [5.41, 5.74) is 0.860. The highest BCUT2D eigenvalue weighted by Crippen LogP contribution is 2.17. The third kappa shape index (κ3) is 3.38. The number of hydrogen-bond donors (Lipinski definition) is 1. The van der Waals surface area contributed by atoms with Gasteiger partial charge in [-0.3, -0.25) is 9.48 Å². The zero-order chi connectivity index (χ0) is 15.4. The van der Waals surface area contributed by atoms with E-state index in [2.05, 4.69) is 20.6 Å². The molecule has 0 aliphatic carbocycles. The predicted octanol–water partition coefficient (Wildman–Crippen LogP) is 2.04. The molecule has 0 spiro atoms. The molecule has 0 atom stereocenters. The van der Waals surface area contributed by atoms with Gasteiger partial charge in [-0.05, 0) is 12.1 Å². The third-order valence-corrected chi connectivity index (χ3v) is 3.03. The van der Waals surface area contributed by atoms with Crippen molar-refractivity contribution >= 4 is 11.7 Å². The lowest BCUT2D eigenvalue weighted by Gasteiger charge is -1.99. The summed E-state index contributed by atoms with van der Waals surface area (Å²) in [7, 11) is 1.79. The van der Waals surface area contributed by atoms with Crippen molar-refractivity contribution in [3.8, 4) is 11.5 Å². The molecule has 2 aromatic heterocycles. The molecule has 3 aromatic rings. The number of anilines is 1. The van der Waals surface area contributed by atoms with E-state index < -0.39 is 0 Å². The first-order valence-electron chi connectivity index (χ1n) is 6.88. The Morgan fingerprint density at radius 3 is 2.77 bits per heavy atom. The highest BCUT2D eigenvalue weighted by molar-refractivity contribution is 5.89. The van der Waals surface area contributed by atoms with Crippen molar-refractivity contribution in [3.05, 3.63) is 48.5 Å². The summed E-state index contributed by atoms with van der Waals surface area (Å²) in [6, 6.07) is 11.2. The Hall–Kier alpha value is -2.96. The Kier molecular flexibility index (Phi) is 3.95. The van der Waals surface area contributed by atoms with Crippen LogP contribution in [0.2, 0.25) is 0 Å². The molecule has 7 heteroatoms. The van der Waals surface area contributed by atoms with Crippen molar-refractivity contribution in [2.24, 2.45) is 7.05 Å². The molecule has 0 bridgehead atoms. The minimum atomic E-state index is -0.141. The number of carbonyl (C=O) groups excluding carboxylic acids is 1. The smallest absolute Gasteiger partial charge is 0.247 e. The van der Waals surface area contributed by atoms with Gasteiger partial charge < -0.3 is 9.73 Å². The Morgan fingerprint density at radius 1 is 1.23 bits per heavy atom. The van der Waals surface area contributed by atoms with Crippen LogP contribution in [0.4, 0.5) is 5.82 Å². The summed E-state index contributed by atoms with van der Waals surface area (Å²) in [5, 5.41) is 14.7. The highest BCUT2D eigenvalue weighted by atomic mass is 16.4. The average Bonchev–Trinajstić information content (AvgIpc) is 3.15. The fraction of sp³-hybridized carbons (Fsp3) is 0.200. The molecule has 0 saturated heterocycles. The van der Waals surface area contributed by atoms with Gasteiger partial charge in [0, 0.05) is 37.7 Å². The molecule has 0 unspecified atom stereocenters. The number of nitrogens with one attached hydrogen (secondary N) is 1. The fourth-order valence-corrected chi connectivity index (χ4v) is 1.96. The molecule has 112 valence electrons. The molecule has 1 aromatic carbocycles. The van der Waals surface area contributed by atoms with Gasteiger partial charge in [0.05, 0.1) is 0 Å². The summed E-state index contributed by atoms with van der Waals surface area (Å²) in [6.07, 6.45) is 2.41. The highest BCUT2D eigenvalue weighted by Gasteiger charge is 2.11. The van der Waals surface area contributed by atoms with Gasteiger partial charge in [-0.25, -0.2) is 0 Å². The minimum absolute atomic E-state index is 0.141. The van der Waals surface area contributed by atoms with Gasteiger partial charge in [-0.2, -0.15) is 5.10 Å². The van der Waals surface area contributed by atoms with E-state index in [1.807, 2.05) is 30.3 Å². The summed E-state index contributed by atoms with van der Waals surface area (Å²) >= 11 is 0. The van der Waals surface area contributed by atoms with Crippen LogP contribution in [0.3, 0.4) is 0 Å². The van der Waals surface area contributed by atoms with Crippen LogP contribution in [0.15, 0.2) is 47.0 Å². The van der Waals surface area contributed by atoms with Crippen LogP contribution in [0, 0.1) is 0 Å². The average molecular weight is 297 g/mol. The normalized spacial score (nSPS) is 10.6. The number of benzene rings is 1. The Balaban J connectivity index is 1.56. The van der Waals surface area contributed by atoms with Crippen LogP contribution >= 0.6 is 0 Å². The van der Waals surface area contributed by atoms with E-state index in [-0.39, 0.29) is 12.3 Å². The zero-order valence-corrected chi connectivity index (χ0v) is 12.1. The molecular formula is C15H15N5O2. The lowest BCUT2D eigenvalue weighted by molar-refractivity contribution is -0.116. The minimum Gasteiger partial charge on any atom is -0.421 e. The maximum atomic E-state index is 11.8. The molecule has 0 aliphatic heterocycles. The van der Waals surface area contributed by atoms with Crippen LogP contribution in [0.5, 0.6) is 0 Å². The Labute approximate surface area is 127 Å². The Bertz CT molecular complexity index is 763. The Morgan fingerprint density at radius 2 is 2.05 bits per heavy atom. The molecule has 0 saturated carbocycles. The van der Waals surface area contributed by atoms with Crippen molar-refractivity contribution < 1.29 is 9.21 Å². The first kappa shape index (κ1) is 14.0. The first-order chi connectivity index (χ1) is 10.7. The monoisotopic (exact) mass is 297 g/mol. The van der Waals surface area contributed by atoms with Crippen molar-refractivity contribution in [2.75, 3.05) is 5.32 Å². The summed E-state index contributed by atoms with van der Waals surface area (Å²) < 4.78 is 7.18. The summed E-state index contributed by atoms with van der Waals surface area (Å²) in [4.78, 5) is 11.8. The number of amides is 1. The van der Waals surface area contributed by atoms with Crippen LogP contribution < -0.4 is 5.32 Å². The van der Waals surface area contributed by atoms with Gasteiger partial charge in [0.2, 0.25) is 17.7 Å². The van der Waals surface area contributed by atoms with E-state index in [1.54, 1.807) is 24.0 Å². The molecule has 7 nitrogen and oxygen atoms in total. The number of aromatic nitrogens is 4. The van der Waals surface area contributed by atoms with Gasteiger partial charge in [-0.1, -0.05) is 18.2 Å². The molecule has 1 N–H and O–H groups in total. The number of hydrogen-bond acceptors (Lipinski definition) is 5. The van der Waals surface area contributed by atoms with Crippen LogP contribution in [0.25, 0.3) is 11.5 Å². The van der Waals surface area contributed by atoms with Crippen molar-refractivity contribution in [1.29, 1.82) is 0 Å². The SMILES string of the molecule is Cn1ccc(NC(=O)CCc2nnc(-c3ccccc3)o2)n1. The van der Waals surface area contributed by atoms with Gasteiger partial charge in [0.25, 0.3) is 0 Å². The standard InChI is InChI=1S/C15H15N5O2/c1-20-10-9-12(19-20)16-13(21)7-8-14-17-18-15(22-14)11-5-3-2-4-6-11/h2-6,9-10H,7-8H2,1H3,(H,16,19,21). The molecule has 0 radical (unpaired) electrons. The second-order valence-corrected chi connectivity index (χ2v) is 4.79. The van der Waals surface area contributed by atoms with E-state index in [1.165, 1.54) is 0 Å². The number of rotatable bonds is 5. The fourth-order valence-electron chi connectivity index (χ4n) is 1.96. The molecular weight excluding hydrogens is 282 g/mol. The van der Waals surface area contributed by atoms with Crippen molar-refractivity contribution in [3.63, 3.8) is 0 Å². The van der Waals surface area contributed by atoms with E-state index in [4.69, 9.17) is 4.42 Å². The van der Waals surface area contributed by atoms with Gasteiger partial charge in [0.15, 0.2) is 5.82 Å². The first-order valence-corrected chi connectivity index (χ1v) is 6.88. The largest absolute Gasteiger partial charge is 0.421 e.